The average Bonchev–Trinajstić information content (AvgIpc) is 2.97. The molecule has 1 saturated heterocycles. The molecule has 1 atom stereocenters. The van der Waals surface area contributed by atoms with Crippen LogP contribution in [0.4, 0.5) is 11.5 Å². The van der Waals surface area contributed by atoms with Crippen molar-refractivity contribution in [1.82, 2.24) is 14.9 Å². The maximum absolute atomic E-state index is 10.6. The molecule has 23 heavy (non-hydrogen) atoms. The smallest absolute Gasteiger partial charge is 0.287 e. The summed E-state index contributed by atoms with van der Waals surface area (Å²) in [6, 6.07) is 7.22. The maximum atomic E-state index is 10.6. The van der Waals surface area contributed by atoms with Crippen molar-refractivity contribution in [1.29, 1.82) is 0 Å². The molecular formula is C15H16ClN5O2. The minimum atomic E-state index is -0.453. The number of rotatable bonds is 5. The summed E-state index contributed by atoms with van der Waals surface area (Å²) in [5.74, 6) is 0.655. The normalized spacial score (nSPS) is 18.0. The van der Waals surface area contributed by atoms with E-state index in [4.69, 9.17) is 11.6 Å². The summed E-state index contributed by atoms with van der Waals surface area (Å²) < 4.78 is 0. The molecule has 0 spiro atoms. The summed E-state index contributed by atoms with van der Waals surface area (Å²) in [6.45, 7) is 2.58. The van der Waals surface area contributed by atoms with Crippen molar-refractivity contribution >= 4 is 23.1 Å². The highest BCUT2D eigenvalue weighted by atomic mass is 35.5. The van der Waals surface area contributed by atoms with Gasteiger partial charge >= 0.3 is 0 Å². The zero-order valence-electron chi connectivity index (χ0n) is 12.4. The Labute approximate surface area is 138 Å². The van der Waals surface area contributed by atoms with Crippen molar-refractivity contribution in [3.05, 3.63) is 57.5 Å². The summed E-state index contributed by atoms with van der Waals surface area (Å²) in [7, 11) is 0. The van der Waals surface area contributed by atoms with Crippen LogP contribution in [0, 0.1) is 10.1 Å². The third-order valence-electron chi connectivity index (χ3n) is 3.81. The lowest BCUT2D eigenvalue weighted by molar-refractivity contribution is -0.385. The summed E-state index contributed by atoms with van der Waals surface area (Å²) in [6.07, 6.45) is 3.93. The van der Waals surface area contributed by atoms with Gasteiger partial charge in [0.1, 0.15) is 17.2 Å². The number of nitrogens with one attached hydrogen (secondary N) is 1. The molecule has 0 unspecified atom stereocenters. The van der Waals surface area contributed by atoms with Crippen LogP contribution < -0.4 is 5.32 Å². The van der Waals surface area contributed by atoms with Crippen LogP contribution in [0.1, 0.15) is 12.0 Å². The second-order valence-corrected chi connectivity index (χ2v) is 5.84. The SMILES string of the molecule is O=[N+]([O-])c1ccc(N[C@@H]2CCN(Cc3cccnc3Cl)C2)nc1. The van der Waals surface area contributed by atoms with Gasteiger partial charge in [-0.25, -0.2) is 9.97 Å². The van der Waals surface area contributed by atoms with E-state index >= 15 is 0 Å². The Morgan fingerprint density at radius 3 is 2.96 bits per heavy atom. The molecule has 7 nitrogen and oxygen atoms in total. The molecule has 1 fully saturated rings. The van der Waals surface area contributed by atoms with Gasteiger partial charge in [-0.3, -0.25) is 15.0 Å². The summed E-state index contributed by atoms with van der Waals surface area (Å²) in [5.41, 5.74) is 1.01. The quantitative estimate of drug-likeness (QED) is 0.514. The number of nitro groups is 1. The van der Waals surface area contributed by atoms with Crippen molar-refractivity contribution in [2.45, 2.75) is 19.0 Å². The first kappa shape index (κ1) is 15.6. The van der Waals surface area contributed by atoms with E-state index in [0.29, 0.717) is 11.0 Å². The van der Waals surface area contributed by atoms with Crippen LogP contribution in [0.5, 0.6) is 0 Å². The molecule has 0 aliphatic carbocycles. The van der Waals surface area contributed by atoms with E-state index in [2.05, 4.69) is 20.2 Å². The lowest BCUT2D eigenvalue weighted by Crippen LogP contribution is -2.26. The topological polar surface area (TPSA) is 84.2 Å². The Morgan fingerprint density at radius 2 is 2.26 bits per heavy atom. The van der Waals surface area contributed by atoms with Gasteiger partial charge in [-0.2, -0.15) is 0 Å². The van der Waals surface area contributed by atoms with E-state index in [1.165, 1.54) is 12.3 Å². The van der Waals surface area contributed by atoms with Crippen molar-refractivity contribution < 1.29 is 4.92 Å². The molecule has 8 heteroatoms. The summed E-state index contributed by atoms with van der Waals surface area (Å²) >= 11 is 6.09. The highest BCUT2D eigenvalue weighted by molar-refractivity contribution is 6.30. The number of anilines is 1. The molecule has 1 aliphatic heterocycles. The molecular weight excluding hydrogens is 318 g/mol. The number of pyridine rings is 2. The van der Waals surface area contributed by atoms with E-state index in [-0.39, 0.29) is 11.7 Å². The van der Waals surface area contributed by atoms with Crippen molar-refractivity contribution in [3.8, 4) is 0 Å². The Morgan fingerprint density at radius 1 is 1.39 bits per heavy atom. The van der Waals surface area contributed by atoms with Crippen molar-refractivity contribution in [2.75, 3.05) is 18.4 Å². The lowest BCUT2D eigenvalue weighted by Gasteiger charge is -2.17. The molecule has 0 aromatic carbocycles. The van der Waals surface area contributed by atoms with Crippen LogP contribution in [0.25, 0.3) is 0 Å². The lowest BCUT2D eigenvalue weighted by atomic mass is 10.2. The van der Waals surface area contributed by atoms with Crippen molar-refractivity contribution in [2.24, 2.45) is 0 Å². The average molecular weight is 334 g/mol. The maximum Gasteiger partial charge on any atom is 0.287 e. The third kappa shape index (κ3) is 3.94. The van der Waals surface area contributed by atoms with Gasteiger partial charge < -0.3 is 5.32 Å². The fraction of sp³-hybridized carbons (Fsp3) is 0.333. The predicted octanol–water partition coefficient (Wildman–Crippen LogP) is 2.72. The van der Waals surface area contributed by atoms with Crippen LogP contribution in [0.15, 0.2) is 36.7 Å². The molecule has 3 heterocycles. The van der Waals surface area contributed by atoms with E-state index < -0.39 is 4.92 Å². The molecule has 2 aromatic rings. The van der Waals surface area contributed by atoms with Gasteiger partial charge in [0.2, 0.25) is 0 Å². The molecule has 1 aliphatic rings. The molecule has 3 rings (SSSR count). The van der Waals surface area contributed by atoms with Gasteiger partial charge in [0.05, 0.1) is 4.92 Å². The van der Waals surface area contributed by atoms with E-state index in [1.54, 1.807) is 12.3 Å². The fourth-order valence-electron chi connectivity index (χ4n) is 2.66. The largest absolute Gasteiger partial charge is 0.366 e. The Balaban J connectivity index is 1.55. The zero-order valence-corrected chi connectivity index (χ0v) is 13.1. The molecule has 2 aromatic heterocycles. The number of nitrogens with zero attached hydrogens (tertiary/aromatic N) is 4. The first-order valence-electron chi connectivity index (χ1n) is 7.30. The molecule has 0 saturated carbocycles. The van der Waals surface area contributed by atoms with Crippen molar-refractivity contribution in [3.63, 3.8) is 0 Å². The number of likely N-dealkylation sites (tertiary alicyclic amines) is 1. The third-order valence-corrected chi connectivity index (χ3v) is 4.15. The highest BCUT2D eigenvalue weighted by Crippen LogP contribution is 2.20. The van der Waals surface area contributed by atoms with Crippen LogP contribution in [0.2, 0.25) is 5.15 Å². The number of hydrogen-bond acceptors (Lipinski definition) is 6. The van der Waals surface area contributed by atoms with Crippen LogP contribution >= 0.6 is 11.6 Å². The molecule has 0 amide bonds. The molecule has 120 valence electrons. The second-order valence-electron chi connectivity index (χ2n) is 5.48. The highest BCUT2D eigenvalue weighted by Gasteiger charge is 2.23. The number of hydrogen-bond donors (Lipinski definition) is 1. The standard InChI is InChI=1S/C15H16ClN5O2/c16-15-11(2-1-6-17-15)9-20-7-5-12(10-20)19-14-4-3-13(8-18-14)21(22)23/h1-4,6,8,12H,5,7,9-10H2,(H,18,19)/t12-/m1/s1. The Kier molecular flexibility index (Phi) is 4.68. The second kappa shape index (κ2) is 6.89. The first-order chi connectivity index (χ1) is 11.1. The molecule has 0 radical (unpaired) electrons. The first-order valence-corrected chi connectivity index (χ1v) is 7.68. The van der Waals surface area contributed by atoms with Gasteiger partial charge in [-0.05, 0) is 18.6 Å². The predicted molar refractivity (Wildman–Crippen MR) is 87.4 cm³/mol. The zero-order chi connectivity index (χ0) is 16.2. The molecule has 0 bridgehead atoms. The van der Waals surface area contributed by atoms with E-state index in [9.17, 15) is 10.1 Å². The van der Waals surface area contributed by atoms with Gasteiger partial charge in [-0.15, -0.1) is 0 Å². The van der Waals surface area contributed by atoms with Gasteiger partial charge in [0.25, 0.3) is 5.69 Å². The Bertz CT molecular complexity index is 695. The summed E-state index contributed by atoms with van der Waals surface area (Å²) in [4.78, 5) is 20.6. The number of aromatic nitrogens is 2. The minimum absolute atomic E-state index is 0.00480. The van der Waals surface area contributed by atoms with E-state index in [1.807, 2.05) is 12.1 Å². The van der Waals surface area contributed by atoms with Crippen LogP contribution in [-0.4, -0.2) is 38.9 Å². The van der Waals surface area contributed by atoms with Gasteiger partial charge in [0, 0.05) is 43.5 Å². The van der Waals surface area contributed by atoms with E-state index in [0.717, 1.165) is 31.6 Å². The minimum Gasteiger partial charge on any atom is -0.366 e. The number of halogens is 1. The summed E-state index contributed by atoms with van der Waals surface area (Å²) in [5, 5.41) is 14.5. The van der Waals surface area contributed by atoms with Crippen LogP contribution in [-0.2, 0) is 6.54 Å². The molecule has 1 N–H and O–H groups in total. The van der Waals surface area contributed by atoms with Crippen LogP contribution in [0.3, 0.4) is 0 Å². The Hall–Kier alpha value is -2.25. The fourth-order valence-corrected chi connectivity index (χ4v) is 2.84. The van der Waals surface area contributed by atoms with Gasteiger partial charge in [0.15, 0.2) is 0 Å². The monoisotopic (exact) mass is 333 g/mol. The van der Waals surface area contributed by atoms with Gasteiger partial charge in [-0.1, -0.05) is 17.7 Å².